The molecular weight excluding hydrogens is 454 g/mol. The Morgan fingerprint density at radius 2 is 1.62 bits per heavy atom. The molecule has 0 saturated heterocycles. The molecule has 0 aliphatic carbocycles. The first-order chi connectivity index (χ1) is 16.2. The average Bonchev–Trinajstić information content (AvgIpc) is 3.19. The number of amides is 1. The molecule has 1 amide bonds. The van der Waals surface area contributed by atoms with Gasteiger partial charge in [0.1, 0.15) is 0 Å². The molecule has 0 unspecified atom stereocenters. The van der Waals surface area contributed by atoms with Gasteiger partial charge in [-0.25, -0.2) is 13.2 Å². The molecule has 10 heteroatoms. The number of hydrogen-bond donors (Lipinski definition) is 4. The van der Waals surface area contributed by atoms with E-state index in [0.29, 0.717) is 17.6 Å². The van der Waals surface area contributed by atoms with Crippen molar-refractivity contribution in [3.63, 3.8) is 0 Å². The number of aromatic nitrogens is 2. The molecule has 3 aromatic carbocycles. The van der Waals surface area contributed by atoms with Crippen LogP contribution in [0.4, 0.5) is 5.69 Å². The summed E-state index contributed by atoms with van der Waals surface area (Å²) in [6.45, 7) is 0.342. The van der Waals surface area contributed by atoms with Gasteiger partial charge in [0.15, 0.2) is 0 Å². The Balaban J connectivity index is 1.54. The lowest BCUT2D eigenvalue weighted by atomic mass is 10.1. The number of para-hydroxylation sites is 1. The maximum atomic E-state index is 13.0. The monoisotopic (exact) mass is 479 g/mol. The van der Waals surface area contributed by atoms with Gasteiger partial charge in [-0.1, -0.05) is 42.5 Å². The molecular formula is C24H25N5O4S. The maximum Gasteiger partial charge on any atom is 0.323 e. The fourth-order valence-electron chi connectivity index (χ4n) is 3.71. The van der Waals surface area contributed by atoms with Gasteiger partial charge in [-0.2, -0.15) is 0 Å². The van der Waals surface area contributed by atoms with E-state index in [1.54, 1.807) is 18.2 Å². The topological polar surface area (TPSA) is 127 Å². The molecule has 34 heavy (non-hydrogen) atoms. The molecule has 1 aromatic heterocycles. The highest BCUT2D eigenvalue weighted by Crippen LogP contribution is 2.23. The quantitative estimate of drug-likeness (QED) is 0.309. The number of nitrogens with zero attached hydrogens (tertiary/aromatic N) is 1. The summed E-state index contributed by atoms with van der Waals surface area (Å²) in [5.74, 6) is -0.397. The minimum Gasteiger partial charge on any atom is -0.350 e. The van der Waals surface area contributed by atoms with Crippen LogP contribution in [0.2, 0.25) is 0 Å². The van der Waals surface area contributed by atoms with Crippen LogP contribution in [0.15, 0.2) is 82.5 Å². The zero-order valence-corrected chi connectivity index (χ0v) is 19.5. The van der Waals surface area contributed by atoms with Gasteiger partial charge in [0, 0.05) is 6.54 Å². The van der Waals surface area contributed by atoms with Gasteiger partial charge >= 0.3 is 5.69 Å². The van der Waals surface area contributed by atoms with Crippen molar-refractivity contribution in [2.75, 3.05) is 25.4 Å². The van der Waals surface area contributed by atoms with Gasteiger partial charge in [-0.15, -0.1) is 0 Å². The second-order valence-corrected chi connectivity index (χ2v) is 9.72. The molecule has 176 valence electrons. The van der Waals surface area contributed by atoms with Gasteiger partial charge in [0.25, 0.3) is 15.9 Å². The SMILES string of the molecule is CN(C)[C@H](CNC(=O)c1ccccc1NS(=O)(=O)c1ccc2[nH]c(=O)[nH]c2c1)c1ccccc1. The number of benzene rings is 3. The van der Waals surface area contributed by atoms with E-state index in [2.05, 4.69) is 20.0 Å². The minimum atomic E-state index is -4.01. The highest BCUT2D eigenvalue weighted by Gasteiger charge is 2.21. The van der Waals surface area contributed by atoms with Crippen LogP contribution in [0.25, 0.3) is 11.0 Å². The zero-order chi connectivity index (χ0) is 24.3. The lowest BCUT2D eigenvalue weighted by molar-refractivity contribution is 0.0943. The zero-order valence-electron chi connectivity index (χ0n) is 18.7. The molecule has 0 fully saturated rings. The summed E-state index contributed by atoms with van der Waals surface area (Å²) in [6.07, 6.45) is 0. The van der Waals surface area contributed by atoms with Gasteiger partial charge < -0.3 is 20.2 Å². The van der Waals surface area contributed by atoms with Crippen molar-refractivity contribution in [2.24, 2.45) is 0 Å². The second-order valence-electron chi connectivity index (χ2n) is 8.04. The number of carbonyl (C=O) groups is 1. The molecule has 4 rings (SSSR count). The number of rotatable bonds is 8. The third kappa shape index (κ3) is 5.03. The Morgan fingerprint density at radius 3 is 2.35 bits per heavy atom. The third-order valence-electron chi connectivity index (χ3n) is 5.48. The maximum absolute atomic E-state index is 13.0. The summed E-state index contributed by atoms with van der Waals surface area (Å²) in [7, 11) is -0.151. The van der Waals surface area contributed by atoms with Gasteiger partial charge in [0.2, 0.25) is 0 Å². The Morgan fingerprint density at radius 1 is 0.941 bits per heavy atom. The largest absolute Gasteiger partial charge is 0.350 e. The first-order valence-corrected chi connectivity index (χ1v) is 12.1. The summed E-state index contributed by atoms with van der Waals surface area (Å²) in [4.78, 5) is 31.6. The standard InChI is InChI=1S/C24H25N5O4S/c1-29(2)22(16-8-4-3-5-9-16)15-25-23(30)18-10-6-7-11-19(18)28-34(32,33)17-12-13-20-21(14-17)27-24(31)26-20/h3-14,22,28H,15H2,1-2H3,(H,25,30)(H2,26,27,31)/t22-/m1/s1. The van der Waals surface area contributed by atoms with Crippen molar-refractivity contribution in [1.29, 1.82) is 0 Å². The number of sulfonamides is 1. The predicted molar refractivity (Wildman–Crippen MR) is 131 cm³/mol. The van der Waals surface area contributed by atoms with Crippen molar-refractivity contribution in [2.45, 2.75) is 10.9 Å². The van der Waals surface area contributed by atoms with Crippen molar-refractivity contribution in [3.8, 4) is 0 Å². The Kier molecular flexibility index (Phi) is 6.53. The summed E-state index contributed by atoms with van der Waals surface area (Å²) in [5.41, 5.74) is 1.86. The van der Waals surface area contributed by atoms with Gasteiger partial charge in [-0.3, -0.25) is 9.52 Å². The Hall–Kier alpha value is -3.89. The molecule has 0 saturated carbocycles. The first-order valence-electron chi connectivity index (χ1n) is 10.6. The van der Waals surface area contributed by atoms with E-state index in [-0.39, 0.29) is 22.2 Å². The number of fused-ring (bicyclic) bond motifs is 1. The highest BCUT2D eigenvalue weighted by atomic mass is 32.2. The van der Waals surface area contributed by atoms with Gasteiger partial charge in [0.05, 0.1) is 33.2 Å². The van der Waals surface area contributed by atoms with Crippen molar-refractivity contribution >= 4 is 32.7 Å². The molecule has 1 heterocycles. The Labute approximate surface area is 196 Å². The normalized spacial score (nSPS) is 12.6. The number of aromatic amines is 2. The molecule has 4 aromatic rings. The molecule has 4 N–H and O–H groups in total. The number of likely N-dealkylation sites (N-methyl/N-ethyl adjacent to an activating group) is 1. The van der Waals surface area contributed by atoms with E-state index < -0.39 is 21.6 Å². The first kappa shape index (κ1) is 23.3. The molecule has 0 aliphatic heterocycles. The predicted octanol–water partition coefficient (Wildman–Crippen LogP) is 2.69. The van der Waals surface area contributed by atoms with Crippen molar-refractivity contribution < 1.29 is 13.2 Å². The lowest BCUT2D eigenvalue weighted by Gasteiger charge is -2.25. The van der Waals surface area contributed by atoms with Crippen LogP contribution < -0.4 is 15.7 Å². The summed E-state index contributed by atoms with van der Waals surface area (Å²) in [5, 5.41) is 2.91. The highest BCUT2D eigenvalue weighted by molar-refractivity contribution is 7.92. The summed E-state index contributed by atoms with van der Waals surface area (Å²) < 4.78 is 28.5. The second kappa shape index (κ2) is 9.54. The summed E-state index contributed by atoms with van der Waals surface area (Å²) >= 11 is 0. The smallest absolute Gasteiger partial charge is 0.323 e. The van der Waals surface area contributed by atoms with Crippen LogP contribution in [0, 0.1) is 0 Å². The molecule has 1 atom stereocenters. The van der Waals surface area contributed by atoms with Crippen molar-refractivity contribution in [1.82, 2.24) is 20.2 Å². The van der Waals surface area contributed by atoms with E-state index in [1.165, 1.54) is 24.3 Å². The van der Waals surface area contributed by atoms with Crippen LogP contribution in [0.1, 0.15) is 22.0 Å². The number of nitrogens with one attached hydrogen (secondary N) is 4. The van der Waals surface area contributed by atoms with Gasteiger partial charge in [-0.05, 0) is 50.0 Å². The average molecular weight is 480 g/mol. The van der Waals surface area contributed by atoms with E-state index in [9.17, 15) is 18.0 Å². The molecule has 0 aliphatic rings. The number of H-pyrrole nitrogens is 2. The number of anilines is 1. The fraction of sp³-hybridized carbons (Fsp3) is 0.167. The van der Waals surface area contributed by atoms with E-state index >= 15 is 0 Å². The Bertz CT molecular complexity index is 1480. The number of imidazole rings is 1. The third-order valence-corrected chi connectivity index (χ3v) is 6.84. The van der Waals surface area contributed by atoms with Crippen molar-refractivity contribution in [3.05, 3.63) is 94.4 Å². The minimum absolute atomic E-state index is 0.0396. The molecule has 0 spiro atoms. The van der Waals surface area contributed by atoms with Crippen LogP contribution >= 0.6 is 0 Å². The van der Waals surface area contributed by atoms with E-state index in [0.717, 1.165) is 5.56 Å². The van der Waals surface area contributed by atoms with E-state index in [4.69, 9.17) is 0 Å². The van der Waals surface area contributed by atoms with Crippen LogP contribution in [-0.2, 0) is 10.0 Å². The molecule has 0 bridgehead atoms. The fourth-order valence-corrected chi connectivity index (χ4v) is 4.82. The lowest BCUT2D eigenvalue weighted by Crippen LogP contribution is -2.35. The molecule has 9 nitrogen and oxygen atoms in total. The molecule has 0 radical (unpaired) electrons. The van der Waals surface area contributed by atoms with Crippen LogP contribution in [0.5, 0.6) is 0 Å². The number of carbonyl (C=O) groups excluding carboxylic acids is 1. The van der Waals surface area contributed by atoms with Crippen LogP contribution in [0.3, 0.4) is 0 Å². The van der Waals surface area contributed by atoms with Crippen LogP contribution in [-0.4, -0.2) is 49.8 Å². The summed E-state index contributed by atoms with van der Waals surface area (Å²) in [6, 6.07) is 20.4. The number of hydrogen-bond acceptors (Lipinski definition) is 5. The van der Waals surface area contributed by atoms with E-state index in [1.807, 2.05) is 49.3 Å².